The number of rotatable bonds is 7. The highest BCUT2D eigenvalue weighted by atomic mass is 35.5. The first-order valence-corrected chi connectivity index (χ1v) is 8.37. The van der Waals surface area contributed by atoms with E-state index in [1.807, 2.05) is 6.92 Å². The molecule has 1 amide bonds. The van der Waals surface area contributed by atoms with Gasteiger partial charge in [-0.1, -0.05) is 6.42 Å². The molecule has 3 N–H and O–H groups in total. The first kappa shape index (κ1) is 18.2. The van der Waals surface area contributed by atoms with Crippen LogP contribution in [0.4, 0.5) is 0 Å². The van der Waals surface area contributed by atoms with Crippen molar-refractivity contribution in [2.45, 2.75) is 45.6 Å². The summed E-state index contributed by atoms with van der Waals surface area (Å²) in [6, 6.07) is 0. The highest BCUT2D eigenvalue weighted by molar-refractivity contribution is 5.94. The molecular formula is C16H27ClN4O2. The number of aromatic amines is 1. The van der Waals surface area contributed by atoms with Gasteiger partial charge in [0.1, 0.15) is 0 Å². The Labute approximate surface area is 143 Å². The van der Waals surface area contributed by atoms with Crippen LogP contribution in [0.1, 0.15) is 54.4 Å². The highest BCUT2D eigenvalue weighted by Gasteiger charge is 2.37. The molecule has 7 heteroatoms. The van der Waals surface area contributed by atoms with Gasteiger partial charge in [-0.15, -0.1) is 12.4 Å². The maximum Gasteiger partial charge on any atom is 0.272 e. The first-order valence-electron chi connectivity index (χ1n) is 8.37. The van der Waals surface area contributed by atoms with E-state index in [0.717, 1.165) is 56.9 Å². The Kier molecular flexibility index (Phi) is 6.44. The Balaban J connectivity index is 0.00000192. The van der Waals surface area contributed by atoms with Crippen molar-refractivity contribution >= 4 is 18.3 Å². The number of amides is 1. The van der Waals surface area contributed by atoms with E-state index in [9.17, 15) is 4.79 Å². The monoisotopic (exact) mass is 342 g/mol. The second-order valence-corrected chi connectivity index (χ2v) is 6.44. The molecule has 2 heterocycles. The van der Waals surface area contributed by atoms with Gasteiger partial charge in [-0.3, -0.25) is 9.89 Å². The summed E-state index contributed by atoms with van der Waals surface area (Å²) < 4.78 is 5.48. The van der Waals surface area contributed by atoms with E-state index in [0.29, 0.717) is 5.69 Å². The van der Waals surface area contributed by atoms with E-state index < -0.39 is 0 Å². The normalized spacial score (nSPS) is 18.5. The van der Waals surface area contributed by atoms with E-state index in [1.54, 1.807) is 0 Å². The van der Waals surface area contributed by atoms with Crippen molar-refractivity contribution in [3.05, 3.63) is 17.0 Å². The number of carbonyl (C=O) groups excluding carboxylic acids is 1. The molecule has 1 aliphatic heterocycles. The minimum absolute atomic E-state index is 0. The molecule has 1 aromatic rings. The number of ether oxygens (including phenoxy) is 1. The number of H-pyrrole nitrogens is 1. The van der Waals surface area contributed by atoms with Crippen LogP contribution in [0.3, 0.4) is 0 Å². The summed E-state index contributed by atoms with van der Waals surface area (Å²) in [6.45, 7) is 5.96. The topological polar surface area (TPSA) is 79.0 Å². The van der Waals surface area contributed by atoms with Gasteiger partial charge in [-0.25, -0.2) is 0 Å². The van der Waals surface area contributed by atoms with Crippen LogP contribution < -0.4 is 10.6 Å². The smallest absolute Gasteiger partial charge is 0.272 e. The van der Waals surface area contributed by atoms with Gasteiger partial charge in [0.2, 0.25) is 0 Å². The summed E-state index contributed by atoms with van der Waals surface area (Å²) in [5.74, 6) is -0.0520. The molecule has 0 saturated heterocycles. The summed E-state index contributed by atoms with van der Waals surface area (Å²) in [7, 11) is 0. The number of nitrogens with one attached hydrogen (secondary N) is 3. The third-order valence-corrected chi connectivity index (χ3v) is 5.04. The summed E-state index contributed by atoms with van der Waals surface area (Å²) in [5.41, 5.74) is 2.92. The quantitative estimate of drug-likeness (QED) is 0.660. The fourth-order valence-corrected chi connectivity index (χ4v) is 3.39. The number of hydrogen-bond donors (Lipinski definition) is 3. The molecule has 130 valence electrons. The molecule has 6 nitrogen and oxygen atoms in total. The predicted octanol–water partition coefficient (Wildman–Crippen LogP) is 1.80. The van der Waals surface area contributed by atoms with Gasteiger partial charge in [-0.05, 0) is 31.6 Å². The van der Waals surface area contributed by atoms with Gasteiger partial charge in [0, 0.05) is 50.5 Å². The van der Waals surface area contributed by atoms with Crippen LogP contribution in [-0.4, -0.2) is 42.4 Å². The standard InChI is InChI=1S/C16H26N4O2.ClH/c1-2-22-9-7-16(5-3-6-16)11-18-15(21)14-12-10-17-8-4-13(12)19-20-14;/h17H,2-11H2,1H3,(H,18,21)(H,19,20);1H. The van der Waals surface area contributed by atoms with Crippen LogP contribution in [0.5, 0.6) is 0 Å². The lowest BCUT2D eigenvalue weighted by molar-refractivity contribution is 0.0512. The Morgan fingerprint density at radius 2 is 2.26 bits per heavy atom. The average Bonchev–Trinajstić information content (AvgIpc) is 2.93. The number of carbonyl (C=O) groups is 1. The molecule has 1 fully saturated rings. The van der Waals surface area contributed by atoms with Crippen molar-refractivity contribution in [2.75, 3.05) is 26.3 Å². The third kappa shape index (κ3) is 4.05. The average molecular weight is 343 g/mol. The maximum absolute atomic E-state index is 12.4. The molecule has 23 heavy (non-hydrogen) atoms. The summed E-state index contributed by atoms with van der Waals surface area (Å²) in [4.78, 5) is 12.4. The molecule has 0 radical (unpaired) electrons. The van der Waals surface area contributed by atoms with Gasteiger partial charge in [0.15, 0.2) is 5.69 Å². The largest absolute Gasteiger partial charge is 0.382 e. The van der Waals surface area contributed by atoms with Crippen molar-refractivity contribution in [3.8, 4) is 0 Å². The number of hydrogen-bond acceptors (Lipinski definition) is 4. The van der Waals surface area contributed by atoms with Crippen LogP contribution >= 0.6 is 12.4 Å². The molecule has 1 saturated carbocycles. The Hall–Kier alpha value is -1.11. The van der Waals surface area contributed by atoms with Crippen LogP contribution in [-0.2, 0) is 17.7 Å². The molecule has 0 spiro atoms. The van der Waals surface area contributed by atoms with E-state index in [2.05, 4.69) is 20.8 Å². The fraction of sp³-hybridized carbons (Fsp3) is 0.750. The van der Waals surface area contributed by atoms with Crippen molar-refractivity contribution in [2.24, 2.45) is 5.41 Å². The van der Waals surface area contributed by atoms with Gasteiger partial charge in [-0.2, -0.15) is 5.10 Å². The zero-order valence-corrected chi connectivity index (χ0v) is 14.6. The lowest BCUT2D eigenvalue weighted by Crippen LogP contribution is -2.43. The zero-order chi connectivity index (χ0) is 15.4. The molecule has 1 aromatic heterocycles. The lowest BCUT2D eigenvalue weighted by Gasteiger charge is -2.42. The predicted molar refractivity (Wildman–Crippen MR) is 91.0 cm³/mol. The van der Waals surface area contributed by atoms with Crippen molar-refractivity contribution in [1.82, 2.24) is 20.8 Å². The second kappa shape index (κ2) is 8.13. The van der Waals surface area contributed by atoms with Crippen molar-refractivity contribution in [3.63, 3.8) is 0 Å². The van der Waals surface area contributed by atoms with Gasteiger partial charge in [0.05, 0.1) is 0 Å². The minimum Gasteiger partial charge on any atom is -0.382 e. The summed E-state index contributed by atoms with van der Waals surface area (Å²) in [5, 5.41) is 13.6. The van der Waals surface area contributed by atoms with Gasteiger partial charge in [0.25, 0.3) is 5.91 Å². The van der Waals surface area contributed by atoms with Gasteiger partial charge < -0.3 is 15.4 Å². The molecular weight excluding hydrogens is 316 g/mol. The van der Waals surface area contributed by atoms with Crippen LogP contribution in [0.15, 0.2) is 0 Å². The molecule has 0 unspecified atom stereocenters. The lowest BCUT2D eigenvalue weighted by atomic mass is 9.66. The molecule has 2 aliphatic rings. The second-order valence-electron chi connectivity index (χ2n) is 6.44. The molecule has 0 aromatic carbocycles. The SMILES string of the molecule is CCOCCC1(CNC(=O)c2n[nH]c3c2CNCC3)CCC1.Cl. The Morgan fingerprint density at radius 3 is 2.96 bits per heavy atom. The van der Waals surface area contributed by atoms with Crippen LogP contribution in [0.2, 0.25) is 0 Å². The van der Waals surface area contributed by atoms with E-state index in [4.69, 9.17) is 4.74 Å². The van der Waals surface area contributed by atoms with Crippen LogP contribution in [0, 0.1) is 5.41 Å². The summed E-state index contributed by atoms with van der Waals surface area (Å²) >= 11 is 0. The molecule has 3 rings (SSSR count). The molecule has 1 aliphatic carbocycles. The van der Waals surface area contributed by atoms with E-state index >= 15 is 0 Å². The molecule has 0 bridgehead atoms. The van der Waals surface area contributed by atoms with Crippen LogP contribution in [0.25, 0.3) is 0 Å². The van der Waals surface area contributed by atoms with Crippen molar-refractivity contribution < 1.29 is 9.53 Å². The number of fused-ring (bicyclic) bond motifs is 1. The maximum atomic E-state index is 12.4. The third-order valence-electron chi connectivity index (χ3n) is 5.04. The zero-order valence-electron chi connectivity index (χ0n) is 13.7. The number of nitrogens with zero attached hydrogens (tertiary/aromatic N) is 1. The number of aromatic nitrogens is 2. The van der Waals surface area contributed by atoms with E-state index in [-0.39, 0.29) is 23.7 Å². The Bertz CT molecular complexity index is 528. The van der Waals surface area contributed by atoms with Gasteiger partial charge >= 0.3 is 0 Å². The first-order chi connectivity index (χ1) is 10.7. The van der Waals surface area contributed by atoms with Crippen molar-refractivity contribution in [1.29, 1.82) is 0 Å². The summed E-state index contributed by atoms with van der Waals surface area (Å²) in [6.07, 6.45) is 5.56. The number of halogens is 1. The molecule has 0 atom stereocenters. The Morgan fingerprint density at radius 1 is 1.43 bits per heavy atom. The fourth-order valence-electron chi connectivity index (χ4n) is 3.39. The highest BCUT2D eigenvalue weighted by Crippen LogP contribution is 2.43. The van der Waals surface area contributed by atoms with E-state index in [1.165, 1.54) is 19.3 Å². The minimum atomic E-state index is -0.0520.